The van der Waals surface area contributed by atoms with Gasteiger partial charge in [-0.15, -0.1) is 24.0 Å². The van der Waals surface area contributed by atoms with Gasteiger partial charge in [0.25, 0.3) is 0 Å². The zero-order valence-electron chi connectivity index (χ0n) is 16.8. The van der Waals surface area contributed by atoms with Crippen LogP contribution >= 0.6 is 24.0 Å². The Kier molecular flexibility index (Phi) is 9.65. The van der Waals surface area contributed by atoms with Crippen molar-refractivity contribution in [3.05, 3.63) is 23.2 Å². The van der Waals surface area contributed by atoms with E-state index in [2.05, 4.69) is 20.9 Å². The number of nitrogens with zero attached hydrogens (tertiary/aromatic N) is 1. The highest BCUT2D eigenvalue weighted by atomic mass is 127. The Labute approximate surface area is 173 Å². The molecule has 0 saturated heterocycles. The molecule has 1 aromatic rings. The Morgan fingerprint density at radius 1 is 1.27 bits per heavy atom. The molecule has 1 atom stereocenters. The van der Waals surface area contributed by atoms with E-state index < -0.39 is 11.0 Å². The minimum Gasteiger partial charge on any atom is -0.466 e. The van der Waals surface area contributed by atoms with E-state index in [1.807, 2.05) is 40.7 Å². The van der Waals surface area contributed by atoms with Gasteiger partial charge < -0.3 is 25.5 Å². The number of guanidine groups is 1. The van der Waals surface area contributed by atoms with Gasteiger partial charge in [0.1, 0.15) is 17.1 Å². The normalized spacial score (nSPS) is 14.2. The second-order valence-corrected chi connectivity index (χ2v) is 7.11. The van der Waals surface area contributed by atoms with Gasteiger partial charge in [-0.25, -0.2) is 0 Å². The summed E-state index contributed by atoms with van der Waals surface area (Å²) in [7, 11) is 1.61. The van der Waals surface area contributed by atoms with Gasteiger partial charge in [0, 0.05) is 19.2 Å². The first-order valence-electron chi connectivity index (χ1n) is 8.57. The van der Waals surface area contributed by atoms with Gasteiger partial charge in [0.05, 0.1) is 18.5 Å². The van der Waals surface area contributed by atoms with Crippen molar-refractivity contribution in [2.75, 3.05) is 26.7 Å². The third kappa shape index (κ3) is 6.79. The number of furan rings is 1. The standard InChI is InChI=1S/C18H32N4O3.HI/c1-8-20-16(21-10-17(4,5)15(23)19-7)22-11-18(6,24)14-9-12(2)25-13(14)3;/h9,24H,8,10-11H2,1-7H3,(H,19,23)(H2,20,21,22);1H. The fourth-order valence-corrected chi connectivity index (χ4v) is 2.55. The maximum atomic E-state index is 11.9. The number of hydrogen-bond acceptors (Lipinski definition) is 4. The number of aliphatic imine (C=N–C) groups is 1. The first-order valence-corrected chi connectivity index (χ1v) is 8.57. The highest BCUT2D eigenvalue weighted by Crippen LogP contribution is 2.26. The summed E-state index contributed by atoms with van der Waals surface area (Å²) in [5.41, 5.74) is -0.967. The number of halogens is 1. The van der Waals surface area contributed by atoms with E-state index in [9.17, 15) is 9.90 Å². The summed E-state index contributed by atoms with van der Waals surface area (Å²) in [6, 6.07) is 1.84. The molecule has 1 heterocycles. The first kappa shape index (κ1) is 24.7. The van der Waals surface area contributed by atoms with Gasteiger partial charge in [-0.1, -0.05) is 0 Å². The lowest BCUT2D eigenvalue weighted by atomic mass is 9.93. The van der Waals surface area contributed by atoms with Gasteiger partial charge in [-0.3, -0.25) is 9.79 Å². The molecule has 0 spiro atoms. The van der Waals surface area contributed by atoms with E-state index >= 15 is 0 Å². The predicted octanol–water partition coefficient (Wildman–Crippen LogP) is 2.05. The Morgan fingerprint density at radius 2 is 1.88 bits per heavy atom. The van der Waals surface area contributed by atoms with Crippen LogP contribution in [0.5, 0.6) is 0 Å². The quantitative estimate of drug-likeness (QED) is 0.272. The number of nitrogens with one attached hydrogen (secondary N) is 3. The molecule has 0 saturated carbocycles. The average molecular weight is 480 g/mol. The molecule has 4 N–H and O–H groups in total. The smallest absolute Gasteiger partial charge is 0.227 e. The van der Waals surface area contributed by atoms with Crippen molar-refractivity contribution in [1.29, 1.82) is 0 Å². The molecule has 0 bridgehead atoms. The topological polar surface area (TPSA) is 98.9 Å². The molecule has 0 radical (unpaired) electrons. The zero-order valence-corrected chi connectivity index (χ0v) is 19.1. The fraction of sp³-hybridized carbons (Fsp3) is 0.667. The van der Waals surface area contributed by atoms with Crippen molar-refractivity contribution in [2.45, 2.75) is 47.1 Å². The van der Waals surface area contributed by atoms with E-state index in [4.69, 9.17) is 4.42 Å². The van der Waals surface area contributed by atoms with Gasteiger partial charge in [-0.2, -0.15) is 0 Å². The van der Waals surface area contributed by atoms with Crippen LogP contribution in [0, 0.1) is 19.3 Å². The summed E-state index contributed by atoms with van der Waals surface area (Å²) in [5, 5.41) is 19.7. The number of carbonyl (C=O) groups excluding carboxylic acids is 1. The highest BCUT2D eigenvalue weighted by Gasteiger charge is 2.29. The molecule has 7 nitrogen and oxygen atoms in total. The summed E-state index contributed by atoms with van der Waals surface area (Å²) in [4.78, 5) is 16.4. The Balaban J connectivity index is 0.00000625. The van der Waals surface area contributed by atoms with Crippen molar-refractivity contribution in [2.24, 2.45) is 10.4 Å². The molecule has 1 aromatic heterocycles. The minimum absolute atomic E-state index is 0. The lowest BCUT2D eigenvalue weighted by Crippen LogP contribution is -2.45. The fourth-order valence-electron chi connectivity index (χ4n) is 2.55. The van der Waals surface area contributed by atoms with E-state index in [0.717, 1.165) is 11.3 Å². The molecular weight excluding hydrogens is 447 g/mol. The maximum absolute atomic E-state index is 11.9. The molecule has 1 unspecified atom stereocenters. The number of carbonyl (C=O) groups is 1. The average Bonchev–Trinajstić information content (AvgIpc) is 2.88. The van der Waals surface area contributed by atoms with E-state index in [1.54, 1.807) is 14.0 Å². The highest BCUT2D eigenvalue weighted by molar-refractivity contribution is 14.0. The summed E-state index contributed by atoms with van der Waals surface area (Å²) in [6.45, 7) is 12.3. The number of amides is 1. The molecular formula is C18H33IN4O3. The maximum Gasteiger partial charge on any atom is 0.227 e. The summed E-state index contributed by atoms with van der Waals surface area (Å²) in [5.74, 6) is 1.95. The third-order valence-electron chi connectivity index (χ3n) is 4.04. The van der Waals surface area contributed by atoms with Crippen molar-refractivity contribution in [1.82, 2.24) is 16.0 Å². The van der Waals surface area contributed by atoms with Crippen molar-refractivity contribution >= 4 is 35.8 Å². The van der Waals surface area contributed by atoms with Crippen molar-refractivity contribution in [3.8, 4) is 0 Å². The largest absolute Gasteiger partial charge is 0.466 e. The zero-order chi connectivity index (χ0) is 19.3. The molecule has 0 aromatic carbocycles. The molecule has 0 aliphatic carbocycles. The van der Waals surface area contributed by atoms with Crippen LogP contribution in [0.4, 0.5) is 0 Å². The SMILES string of the molecule is CCNC(=NCC(C)(C)C(=O)NC)NCC(C)(O)c1cc(C)oc1C.I. The monoisotopic (exact) mass is 480 g/mol. The van der Waals surface area contributed by atoms with Crippen LogP contribution in [0.2, 0.25) is 0 Å². The molecule has 8 heteroatoms. The third-order valence-corrected chi connectivity index (χ3v) is 4.04. The van der Waals surface area contributed by atoms with E-state index in [-0.39, 0.29) is 36.4 Å². The summed E-state index contributed by atoms with van der Waals surface area (Å²) in [6.07, 6.45) is 0. The Bertz CT molecular complexity index is 624. The van der Waals surface area contributed by atoms with Gasteiger partial charge in [0.2, 0.25) is 5.91 Å². The second-order valence-electron chi connectivity index (χ2n) is 7.11. The Morgan fingerprint density at radius 3 is 2.35 bits per heavy atom. The summed E-state index contributed by atoms with van der Waals surface area (Å²) < 4.78 is 5.51. The lowest BCUT2D eigenvalue weighted by molar-refractivity contribution is -0.128. The molecule has 1 rings (SSSR count). The number of aliphatic hydroxyl groups is 1. The molecule has 0 aliphatic heterocycles. The number of aryl methyl sites for hydroxylation is 2. The van der Waals surface area contributed by atoms with Crippen LogP contribution in [0.3, 0.4) is 0 Å². The molecule has 0 fully saturated rings. The molecule has 150 valence electrons. The van der Waals surface area contributed by atoms with Crippen LogP contribution in [0.1, 0.15) is 44.8 Å². The molecule has 26 heavy (non-hydrogen) atoms. The molecule has 1 amide bonds. The number of hydrogen-bond donors (Lipinski definition) is 4. The van der Waals surface area contributed by atoms with Crippen LogP contribution in [-0.4, -0.2) is 43.7 Å². The van der Waals surface area contributed by atoms with Gasteiger partial charge in [0.15, 0.2) is 5.96 Å². The first-order chi connectivity index (χ1) is 11.5. The van der Waals surface area contributed by atoms with Gasteiger partial charge in [-0.05, 0) is 47.6 Å². The van der Waals surface area contributed by atoms with Crippen LogP contribution < -0.4 is 16.0 Å². The van der Waals surface area contributed by atoms with E-state index in [0.29, 0.717) is 24.8 Å². The minimum atomic E-state index is -1.10. The van der Waals surface area contributed by atoms with Crippen LogP contribution in [0.25, 0.3) is 0 Å². The van der Waals surface area contributed by atoms with Crippen LogP contribution in [0.15, 0.2) is 15.5 Å². The van der Waals surface area contributed by atoms with Crippen molar-refractivity contribution in [3.63, 3.8) is 0 Å². The lowest BCUT2D eigenvalue weighted by Gasteiger charge is -2.25. The van der Waals surface area contributed by atoms with Gasteiger partial charge >= 0.3 is 0 Å². The Hall–Kier alpha value is -1.29. The number of rotatable bonds is 7. The predicted molar refractivity (Wildman–Crippen MR) is 115 cm³/mol. The molecule has 0 aliphatic rings. The van der Waals surface area contributed by atoms with Crippen molar-refractivity contribution < 1.29 is 14.3 Å². The van der Waals surface area contributed by atoms with Crippen LogP contribution in [-0.2, 0) is 10.4 Å². The summed E-state index contributed by atoms with van der Waals surface area (Å²) >= 11 is 0. The van der Waals surface area contributed by atoms with E-state index in [1.165, 1.54) is 0 Å². The second kappa shape index (κ2) is 10.1.